The van der Waals surface area contributed by atoms with Crippen LogP contribution in [-0.4, -0.2) is 69.2 Å². The lowest BCUT2D eigenvalue weighted by atomic mass is 9.98. The molecule has 1 aliphatic rings. The number of ether oxygens (including phenoxy) is 1. The Labute approximate surface area is 195 Å². The van der Waals surface area contributed by atoms with Gasteiger partial charge < -0.3 is 19.8 Å². The van der Waals surface area contributed by atoms with Gasteiger partial charge in [-0.25, -0.2) is 4.79 Å². The number of carboxylic acid groups (broad SMARTS) is 1. The lowest BCUT2D eigenvalue weighted by Gasteiger charge is -2.20. The van der Waals surface area contributed by atoms with Gasteiger partial charge in [-0.3, -0.25) is 19.6 Å². The Bertz CT molecular complexity index is 1190. The number of anilines is 1. The van der Waals surface area contributed by atoms with E-state index in [1.165, 1.54) is 17.9 Å². The van der Waals surface area contributed by atoms with E-state index in [9.17, 15) is 19.5 Å². The highest BCUT2D eigenvalue weighted by molar-refractivity contribution is 6.02. The number of aliphatic carboxylic acids is 1. The predicted molar refractivity (Wildman–Crippen MR) is 123 cm³/mol. The third kappa shape index (κ3) is 4.48. The average molecular weight is 464 g/mol. The number of aromatic nitrogens is 2. The fourth-order valence-electron chi connectivity index (χ4n) is 4.18. The van der Waals surface area contributed by atoms with Crippen molar-refractivity contribution in [1.82, 2.24) is 14.7 Å². The predicted octanol–water partition coefficient (Wildman–Crippen LogP) is 2.30. The zero-order valence-electron chi connectivity index (χ0n) is 18.5. The van der Waals surface area contributed by atoms with Gasteiger partial charge in [0.2, 0.25) is 0 Å². The van der Waals surface area contributed by atoms with E-state index in [-0.39, 0.29) is 30.5 Å². The maximum Gasteiger partial charge on any atom is 0.412 e. The number of nitrogens with one attached hydrogen (secondary N) is 1. The third-order valence-corrected chi connectivity index (χ3v) is 5.72. The number of fused-ring (bicyclic) bond motifs is 3. The summed E-state index contributed by atoms with van der Waals surface area (Å²) >= 11 is 0. The normalized spacial score (nSPS) is 12.1. The summed E-state index contributed by atoms with van der Waals surface area (Å²) in [5.74, 6) is -1.97. The maximum absolute atomic E-state index is 12.8. The molecule has 0 saturated carbocycles. The second-order valence-corrected chi connectivity index (χ2v) is 7.83. The van der Waals surface area contributed by atoms with Crippen molar-refractivity contribution in [3.05, 3.63) is 71.4 Å². The van der Waals surface area contributed by atoms with Crippen molar-refractivity contribution >= 4 is 23.8 Å². The summed E-state index contributed by atoms with van der Waals surface area (Å²) < 4.78 is 6.81. The molecule has 10 nitrogen and oxygen atoms in total. The molecular weight excluding hydrogens is 440 g/mol. The zero-order chi connectivity index (χ0) is 24.2. The summed E-state index contributed by atoms with van der Waals surface area (Å²) in [5.41, 5.74) is 4.34. The second kappa shape index (κ2) is 9.75. The number of amides is 2. The molecule has 2 aromatic carbocycles. The topological polar surface area (TPSA) is 134 Å². The van der Waals surface area contributed by atoms with Crippen LogP contribution in [0.5, 0.6) is 0 Å². The first-order chi connectivity index (χ1) is 16.4. The van der Waals surface area contributed by atoms with Gasteiger partial charge in [-0.2, -0.15) is 5.10 Å². The van der Waals surface area contributed by atoms with Gasteiger partial charge in [0.05, 0.1) is 12.8 Å². The van der Waals surface area contributed by atoms with Crippen molar-refractivity contribution < 1.29 is 29.3 Å². The molecule has 0 unspecified atom stereocenters. The van der Waals surface area contributed by atoms with E-state index >= 15 is 0 Å². The Kier molecular flexibility index (Phi) is 6.60. The molecule has 4 rings (SSSR count). The Morgan fingerprint density at radius 3 is 2.29 bits per heavy atom. The molecule has 10 heteroatoms. The molecule has 0 atom stereocenters. The third-order valence-electron chi connectivity index (χ3n) is 5.72. The molecule has 3 N–H and O–H groups in total. The number of aryl methyl sites for hydroxylation is 1. The SMILES string of the molecule is Cn1ncc(C(=O)N(CCO)CC(=O)O)c1NC(=O)OCC1c2ccccc2-c2ccccc21. The average Bonchev–Trinajstić information content (AvgIpc) is 3.34. The minimum absolute atomic E-state index is 0.00860. The zero-order valence-corrected chi connectivity index (χ0v) is 18.5. The van der Waals surface area contributed by atoms with Crippen LogP contribution in [-0.2, 0) is 16.6 Å². The van der Waals surface area contributed by atoms with Gasteiger partial charge in [0.1, 0.15) is 24.5 Å². The van der Waals surface area contributed by atoms with Gasteiger partial charge in [-0.05, 0) is 22.3 Å². The standard InChI is InChI=1S/C24H24N4O6/c1-27-22(19(12-25-27)23(32)28(10-11-29)13-21(30)31)26-24(33)34-14-20-17-8-4-2-6-15(17)16-7-3-5-9-18(16)20/h2-9,12,20,29H,10-11,13-14H2,1H3,(H,26,33)(H,30,31). The first kappa shape index (κ1) is 23.0. The number of hydrogen-bond acceptors (Lipinski definition) is 6. The van der Waals surface area contributed by atoms with E-state index in [1.807, 2.05) is 48.5 Å². The summed E-state index contributed by atoms with van der Waals surface area (Å²) in [7, 11) is 1.53. The molecule has 0 aliphatic heterocycles. The van der Waals surface area contributed by atoms with Crippen molar-refractivity contribution in [3.63, 3.8) is 0 Å². The number of rotatable bonds is 8. The molecule has 1 aliphatic carbocycles. The van der Waals surface area contributed by atoms with Crippen LogP contribution in [0.2, 0.25) is 0 Å². The molecule has 34 heavy (non-hydrogen) atoms. The Morgan fingerprint density at radius 2 is 1.71 bits per heavy atom. The summed E-state index contributed by atoms with van der Waals surface area (Å²) in [6.07, 6.45) is 0.458. The van der Waals surface area contributed by atoms with E-state index in [0.29, 0.717) is 0 Å². The first-order valence-electron chi connectivity index (χ1n) is 10.7. The molecule has 0 fully saturated rings. The van der Waals surface area contributed by atoms with Gasteiger partial charge in [0, 0.05) is 19.5 Å². The van der Waals surface area contributed by atoms with Crippen LogP contribution in [0, 0.1) is 0 Å². The molecule has 176 valence electrons. The molecule has 1 heterocycles. The van der Waals surface area contributed by atoms with Crippen LogP contribution in [0.3, 0.4) is 0 Å². The van der Waals surface area contributed by atoms with Crippen LogP contribution in [0.4, 0.5) is 10.6 Å². The molecular formula is C24H24N4O6. The number of nitrogens with zero attached hydrogens (tertiary/aromatic N) is 3. The molecule has 3 aromatic rings. The van der Waals surface area contributed by atoms with Gasteiger partial charge >= 0.3 is 12.1 Å². The largest absolute Gasteiger partial charge is 0.480 e. The Balaban J connectivity index is 1.48. The molecule has 1 aromatic heterocycles. The minimum Gasteiger partial charge on any atom is -0.480 e. The number of aliphatic hydroxyl groups is 1. The van der Waals surface area contributed by atoms with Crippen LogP contribution in [0.1, 0.15) is 27.4 Å². The summed E-state index contributed by atoms with van der Waals surface area (Å²) in [4.78, 5) is 37.5. The molecule has 0 bridgehead atoms. The highest BCUT2D eigenvalue weighted by atomic mass is 16.5. The second-order valence-electron chi connectivity index (χ2n) is 7.83. The van der Waals surface area contributed by atoms with E-state index in [4.69, 9.17) is 9.84 Å². The van der Waals surface area contributed by atoms with E-state index < -0.39 is 31.1 Å². The van der Waals surface area contributed by atoms with Crippen LogP contribution in [0.15, 0.2) is 54.7 Å². The highest BCUT2D eigenvalue weighted by Crippen LogP contribution is 2.44. The number of hydrogen-bond donors (Lipinski definition) is 3. The fraction of sp³-hybridized carbons (Fsp3) is 0.250. The van der Waals surface area contributed by atoms with Crippen molar-refractivity contribution in [1.29, 1.82) is 0 Å². The highest BCUT2D eigenvalue weighted by Gasteiger charge is 2.30. The molecule has 2 amide bonds. The number of carboxylic acids is 1. The van der Waals surface area contributed by atoms with Gasteiger partial charge in [-0.15, -0.1) is 0 Å². The van der Waals surface area contributed by atoms with Gasteiger partial charge in [0.15, 0.2) is 0 Å². The van der Waals surface area contributed by atoms with Crippen LogP contribution in [0.25, 0.3) is 11.1 Å². The Morgan fingerprint density at radius 1 is 1.09 bits per heavy atom. The number of aliphatic hydroxyl groups excluding tert-OH is 1. The van der Waals surface area contributed by atoms with E-state index in [2.05, 4.69) is 10.4 Å². The molecule has 0 radical (unpaired) electrons. The van der Waals surface area contributed by atoms with Crippen molar-refractivity contribution in [2.75, 3.05) is 31.6 Å². The smallest absolute Gasteiger partial charge is 0.412 e. The van der Waals surface area contributed by atoms with Gasteiger partial charge in [0.25, 0.3) is 5.91 Å². The lowest BCUT2D eigenvalue weighted by Crippen LogP contribution is -2.38. The fourth-order valence-corrected chi connectivity index (χ4v) is 4.18. The maximum atomic E-state index is 12.8. The van der Waals surface area contributed by atoms with Gasteiger partial charge in [-0.1, -0.05) is 48.5 Å². The Hall–Kier alpha value is -4.18. The molecule has 0 saturated heterocycles. The summed E-state index contributed by atoms with van der Waals surface area (Å²) in [5, 5.41) is 24.8. The molecule has 0 spiro atoms. The van der Waals surface area contributed by atoms with Crippen LogP contribution < -0.4 is 5.32 Å². The lowest BCUT2D eigenvalue weighted by molar-refractivity contribution is -0.137. The van der Waals surface area contributed by atoms with Crippen molar-refractivity contribution in [2.24, 2.45) is 7.05 Å². The van der Waals surface area contributed by atoms with E-state index in [0.717, 1.165) is 27.2 Å². The number of carbonyl (C=O) groups is 3. The first-order valence-corrected chi connectivity index (χ1v) is 10.7. The van der Waals surface area contributed by atoms with Crippen LogP contribution >= 0.6 is 0 Å². The van der Waals surface area contributed by atoms with Crippen molar-refractivity contribution in [3.8, 4) is 11.1 Å². The van der Waals surface area contributed by atoms with Crippen molar-refractivity contribution in [2.45, 2.75) is 5.92 Å². The van der Waals surface area contributed by atoms with E-state index in [1.54, 1.807) is 0 Å². The number of carbonyl (C=O) groups excluding carboxylic acids is 2. The monoisotopic (exact) mass is 464 g/mol. The summed E-state index contributed by atoms with van der Waals surface area (Å²) in [6.45, 7) is -1.09. The quantitative estimate of drug-likeness (QED) is 0.466. The number of benzene rings is 2. The minimum atomic E-state index is -1.23. The summed E-state index contributed by atoms with van der Waals surface area (Å²) in [6, 6.07) is 15.9.